The number of anilines is 2. The number of ether oxygens (including phenoxy) is 1. The third-order valence-corrected chi connectivity index (χ3v) is 4.39. The first-order valence-electron chi connectivity index (χ1n) is 9.36. The lowest BCUT2D eigenvalue weighted by Crippen LogP contribution is -2.25. The number of aromatic amines is 1. The minimum atomic E-state index is -0.0749. The first kappa shape index (κ1) is 18.1. The minimum absolute atomic E-state index is 0.0749. The van der Waals surface area contributed by atoms with E-state index < -0.39 is 0 Å². The summed E-state index contributed by atoms with van der Waals surface area (Å²) in [5, 5.41) is 7.89. The molecule has 2 heterocycles. The van der Waals surface area contributed by atoms with Crippen molar-refractivity contribution < 1.29 is 4.74 Å². The number of benzene rings is 2. The molecule has 0 spiro atoms. The number of aromatic nitrogens is 1. The third kappa shape index (κ3) is 4.32. The Bertz CT molecular complexity index is 1020. The van der Waals surface area contributed by atoms with Crippen LogP contribution in [0.2, 0.25) is 0 Å². The minimum Gasteiger partial charge on any atom is -0.492 e. The van der Waals surface area contributed by atoms with Gasteiger partial charge in [-0.1, -0.05) is 6.07 Å². The lowest BCUT2D eigenvalue weighted by atomic mass is 10.2. The molecule has 144 valence electrons. The highest BCUT2D eigenvalue weighted by Crippen LogP contribution is 2.22. The van der Waals surface area contributed by atoms with Crippen molar-refractivity contribution in [3.8, 4) is 5.75 Å². The zero-order valence-corrected chi connectivity index (χ0v) is 15.8. The van der Waals surface area contributed by atoms with Crippen LogP contribution in [0.1, 0.15) is 12.1 Å². The maximum Gasteiger partial charge on any atom is 0.224 e. The number of nitrogens with zero attached hydrogens (tertiary/aromatic N) is 2. The molecule has 0 aliphatic carbocycles. The maximum absolute atomic E-state index is 5.56. The normalized spacial score (nSPS) is 16.1. The number of H-pyrrole nitrogens is 1. The van der Waals surface area contributed by atoms with Crippen LogP contribution in [0.5, 0.6) is 5.75 Å². The largest absolute Gasteiger partial charge is 0.492 e. The van der Waals surface area contributed by atoms with Gasteiger partial charge in [0.1, 0.15) is 18.5 Å². The molecule has 0 saturated carbocycles. The highest BCUT2D eigenvalue weighted by molar-refractivity contribution is 6.00. The molecule has 0 fully saturated rings. The number of fused-ring (bicyclic) bond motifs is 1. The number of nitrogens with two attached hydrogens (primary N) is 1. The van der Waals surface area contributed by atoms with Crippen molar-refractivity contribution in [3.63, 3.8) is 0 Å². The summed E-state index contributed by atoms with van der Waals surface area (Å²) in [5.41, 5.74) is 9.68. The molecule has 28 heavy (non-hydrogen) atoms. The van der Waals surface area contributed by atoms with Crippen LogP contribution in [0.3, 0.4) is 0 Å². The number of hydrogen-bond acceptors (Lipinski definition) is 6. The van der Waals surface area contributed by atoms with E-state index in [1.54, 1.807) is 0 Å². The summed E-state index contributed by atoms with van der Waals surface area (Å²) in [7, 11) is 0. The molecule has 7 heteroatoms. The first-order chi connectivity index (χ1) is 13.7. The standard InChI is InChI=1S/C21H24N6O/c1-14-11-15-12-17(5-6-19(15)24-14)25-20-7-9-23-21(27-20)26-16-3-2-4-18(13-16)28-10-8-22/h2-6,9,11-13,20,24-25H,7-8,10,22H2,1H3,(H,26,27). The molecule has 1 unspecified atom stereocenters. The molecule has 0 amide bonds. The summed E-state index contributed by atoms with van der Waals surface area (Å²) in [6.45, 7) is 3.03. The summed E-state index contributed by atoms with van der Waals surface area (Å²) >= 11 is 0. The summed E-state index contributed by atoms with van der Waals surface area (Å²) < 4.78 is 5.56. The molecule has 1 aliphatic heterocycles. The highest BCUT2D eigenvalue weighted by Gasteiger charge is 2.13. The Kier molecular flexibility index (Phi) is 5.25. The van der Waals surface area contributed by atoms with Gasteiger partial charge in [0.15, 0.2) is 0 Å². The Morgan fingerprint density at radius 1 is 1.18 bits per heavy atom. The number of guanidine groups is 1. The fourth-order valence-corrected chi connectivity index (χ4v) is 3.16. The van der Waals surface area contributed by atoms with E-state index in [2.05, 4.69) is 56.8 Å². The summed E-state index contributed by atoms with van der Waals surface area (Å²) in [6, 6.07) is 16.1. The SMILES string of the molecule is Cc1cc2cc(NC3CC=NC(Nc4cccc(OCCN)c4)=N3)ccc2[nH]1. The van der Waals surface area contributed by atoms with E-state index in [1.807, 2.05) is 30.5 Å². The van der Waals surface area contributed by atoms with Gasteiger partial charge in [0, 0.05) is 53.2 Å². The van der Waals surface area contributed by atoms with E-state index in [0.717, 1.165) is 34.8 Å². The van der Waals surface area contributed by atoms with Gasteiger partial charge in [-0.3, -0.25) is 0 Å². The van der Waals surface area contributed by atoms with Crippen LogP contribution in [-0.4, -0.2) is 36.5 Å². The van der Waals surface area contributed by atoms with E-state index in [-0.39, 0.29) is 6.17 Å². The third-order valence-electron chi connectivity index (χ3n) is 4.39. The van der Waals surface area contributed by atoms with Crippen molar-refractivity contribution >= 4 is 34.5 Å². The van der Waals surface area contributed by atoms with Crippen LogP contribution in [0, 0.1) is 6.92 Å². The second-order valence-corrected chi connectivity index (χ2v) is 6.70. The Balaban J connectivity index is 1.44. The molecule has 4 rings (SSSR count). The van der Waals surface area contributed by atoms with Crippen molar-refractivity contribution in [1.82, 2.24) is 4.98 Å². The van der Waals surface area contributed by atoms with Gasteiger partial charge in [-0.25, -0.2) is 9.98 Å². The highest BCUT2D eigenvalue weighted by atomic mass is 16.5. The molecule has 1 aliphatic rings. The van der Waals surface area contributed by atoms with Crippen molar-refractivity contribution in [2.45, 2.75) is 19.5 Å². The van der Waals surface area contributed by atoms with Crippen molar-refractivity contribution in [1.29, 1.82) is 0 Å². The van der Waals surface area contributed by atoms with Crippen LogP contribution >= 0.6 is 0 Å². The van der Waals surface area contributed by atoms with E-state index in [9.17, 15) is 0 Å². The van der Waals surface area contributed by atoms with Gasteiger partial charge in [0.25, 0.3) is 0 Å². The molecular formula is C21H24N6O. The summed E-state index contributed by atoms with van der Waals surface area (Å²) in [5.74, 6) is 1.33. The van der Waals surface area contributed by atoms with Crippen LogP contribution in [-0.2, 0) is 0 Å². The molecule has 0 bridgehead atoms. The predicted octanol–water partition coefficient (Wildman–Crippen LogP) is 3.49. The number of hydrogen-bond donors (Lipinski definition) is 4. The average molecular weight is 376 g/mol. The average Bonchev–Trinajstić information content (AvgIpc) is 3.06. The van der Waals surface area contributed by atoms with Crippen LogP contribution in [0.15, 0.2) is 58.5 Å². The topological polar surface area (TPSA) is 99.8 Å². The molecular weight excluding hydrogens is 352 g/mol. The van der Waals surface area contributed by atoms with E-state index in [4.69, 9.17) is 10.5 Å². The van der Waals surface area contributed by atoms with Crippen molar-refractivity contribution in [2.75, 3.05) is 23.8 Å². The fraction of sp³-hybridized carbons (Fsp3) is 0.238. The monoisotopic (exact) mass is 376 g/mol. The molecule has 7 nitrogen and oxygen atoms in total. The Labute approximate surface area is 163 Å². The van der Waals surface area contributed by atoms with Gasteiger partial charge in [-0.05, 0) is 43.3 Å². The van der Waals surface area contributed by atoms with Gasteiger partial charge in [0.2, 0.25) is 5.96 Å². The second-order valence-electron chi connectivity index (χ2n) is 6.70. The maximum atomic E-state index is 5.56. The second kappa shape index (κ2) is 8.14. The van der Waals surface area contributed by atoms with Gasteiger partial charge < -0.3 is 26.1 Å². The van der Waals surface area contributed by atoms with Gasteiger partial charge in [0.05, 0.1) is 0 Å². The van der Waals surface area contributed by atoms with Crippen LogP contribution < -0.4 is 21.1 Å². The van der Waals surface area contributed by atoms with E-state index >= 15 is 0 Å². The number of aryl methyl sites for hydroxylation is 1. The Morgan fingerprint density at radius 2 is 2.11 bits per heavy atom. The lowest BCUT2D eigenvalue weighted by Gasteiger charge is -2.19. The van der Waals surface area contributed by atoms with E-state index in [1.165, 1.54) is 5.39 Å². The molecule has 3 aromatic rings. The molecule has 0 radical (unpaired) electrons. The molecule has 2 aromatic carbocycles. The fourth-order valence-electron chi connectivity index (χ4n) is 3.16. The lowest BCUT2D eigenvalue weighted by molar-refractivity contribution is 0.328. The zero-order valence-electron chi connectivity index (χ0n) is 15.8. The van der Waals surface area contributed by atoms with E-state index in [0.29, 0.717) is 19.1 Å². The predicted molar refractivity (Wildman–Crippen MR) is 116 cm³/mol. The number of nitrogens with one attached hydrogen (secondary N) is 3. The number of rotatable bonds is 6. The smallest absolute Gasteiger partial charge is 0.224 e. The van der Waals surface area contributed by atoms with Gasteiger partial charge in [-0.2, -0.15) is 0 Å². The molecule has 5 N–H and O–H groups in total. The van der Waals surface area contributed by atoms with Crippen molar-refractivity contribution in [3.05, 3.63) is 54.2 Å². The van der Waals surface area contributed by atoms with Gasteiger partial charge in [-0.15, -0.1) is 0 Å². The van der Waals surface area contributed by atoms with Crippen LogP contribution in [0.25, 0.3) is 10.9 Å². The van der Waals surface area contributed by atoms with Crippen LogP contribution in [0.4, 0.5) is 11.4 Å². The number of aliphatic imine (C=N–C) groups is 2. The Hall–Kier alpha value is -3.32. The van der Waals surface area contributed by atoms with Gasteiger partial charge >= 0.3 is 0 Å². The van der Waals surface area contributed by atoms with Crippen molar-refractivity contribution in [2.24, 2.45) is 15.7 Å². The Morgan fingerprint density at radius 3 is 3.00 bits per heavy atom. The first-order valence-corrected chi connectivity index (χ1v) is 9.36. The molecule has 1 aromatic heterocycles. The zero-order chi connectivity index (χ0) is 19.3. The quantitative estimate of drug-likeness (QED) is 0.529. The summed E-state index contributed by atoms with van der Waals surface area (Å²) in [6.07, 6.45) is 2.53. The summed E-state index contributed by atoms with van der Waals surface area (Å²) in [4.78, 5) is 12.4. The molecule has 1 atom stereocenters. The molecule has 0 saturated heterocycles.